The molecule has 3 saturated heterocycles. The van der Waals surface area contributed by atoms with Crippen molar-refractivity contribution in [3.8, 4) is 10.4 Å². The molecule has 0 radical (unpaired) electrons. The second-order valence-corrected chi connectivity index (χ2v) is 8.70. The van der Waals surface area contributed by atoms with Crippen LogP contribution in [-0.2, 0) is 4.74 Å². The minimum absolute atomic E-state index is 0.0286. The first-order valence-electron chi connectivity index (χ1n) is 9.49. The minimum Gasteiger partial charge on any atom is -0.444 e. The largest absolute Gasteiger partial charge is 0.444 e. The molecule has 0 unspecified atom stereocenters. The van der Waals surface area contributed by atoms with Crippen molar-refractivity contribution in [3.63, 3.8) is 0 Å². The van der Waals surface area contributed by atoms with Crippen molar-refractivity contribution in [3.05, 3.63) is 41.3 Å². The second-order valence-electron chi connectivity index (χ2n) is 7.62. The van der Waals surface area contributed by atoms with Gasteiger partial charge in [-0.2, -0.15) is 0 Å². The van der Waals surface area contributed by atoms with Gasteiger partial charge in [0.25, 0.3) is 0 Å². The standard InChI is InChI=1S/C21H26N2O2S/c1-14(2)19-12-17(20(26-19)16-6-4-3-5-7-16)22-21(24)25-18-13-23-10-8-15(18)9-11-23/h3-7,12,14-15,18H,8-11,13H2,1-2H3,(H,22,24)/t18-/m0/s1. The quantitative estimate of drug-likeness (QED) is 0.806. The van der Waals surface area contributed by atoms with Gasteiger partial charge in [-0.3, -0.25) is 10.2 Å². The Morgan fingerprint density at radius 1 is 1.23 bits per heavy atom. The average molecular weight is 371 g/mol. The Morgan fingerprint density at radius 2 is 1.96 bits per heavy atom. The normalized spacial score (nSPS) is 24.7. The molecule has 4 nitrogen and oxygen atoms in total. The van der Waals surface area contributed by atoms with Crippen LogP contribution in [0.3, 0.4) is 0 Å². The van der Waals surface area contributed by atoms with Crippen LogP contribution < -0.4 is 5.32 Å². The molecule has 5 rings (SSSR count). The molecule has 3 aliphatic heterocycles. The van der Waals surface area contributed by atoms with Crippen LogP contribution in [0.25, 0.3) is 10.4 Å². The Kier molecular flexibility index (Phi) is 5.00. The number of piperidine rings is 3. The van der Waals surface area contributed by atoms with Gasteiger partial charge in [-0.25, -0.2) is 4.79 Å². The average Bonchev–Trinajstić information content (AvgIpc) is 3.07. The number of nitrogens with one attached hydrogen (secondary N) is 1. The summed E-state index contributed by atoms with van der Waals surface area (Å²) in [4.78, 5) is 17.3. The molecule has 1 aromatic heterocycles. The highest BCUT2D eigenvalue weighted by atomic mass is 32.1. The number of hydrogen-bond acceptors (Lipinski definition) is 4. The second kappa shape index (κ2) is 7.41. The van der Waals surface area contributed by atoms with Gasteiger partial charge in [0.2, 0.25) is 0 Å². The van der Waals surface area contributed by atoms with E-state index in [4.69, 9.17) is 4.74 Å². The Labute approximate surface area is 159 Å². The molecule has 2 aromatic rings. The summed E-state index contributed by atoms with van der Waals surface area (Å²) in [5.41, 5.74) is 1.98. The van der Waals surface area contributed by atoms with E-state index in [1.54, 1.807) is 11.3 Å². The SMILES string of the molecule is CC(C)c1cc(NC(=O)O[C@H]2CN3CCC2CC3)c(-c2ccccc2)s1. The van der Waals surface area contributed by atoms with E-state index in [0.717, 1.165) is 48.6 Å². The number of amides is 1. The van der Waals surface area contributed by atoms with Crippen molar-refractivity contribution in [2.75, 3.05) is 25.0 Å². The van der Waals surface area contributed by atoms with E-state index >= 15 is 0 Å². The molecular formula is C21H26N2O2S. The maximum atomic E-state index is 12.6. The summed E-state index contributed by atoms with van der Waals surface area (Å²) in [6.45, 7) is 7.52. The molecule has 1 atom stereocenters. The number of nitrogens with zero attached hydrogens (tertiary/aromatic N) is 1. The molecule has 3 fully saturated rings. The van der Waals surface area contributed by atoms with E-state index in [-0.39, 0.29) is 12.2 Å². The van der Waals surface area contributed by atoms with Crippen LogP contribution in [0.1, 0.15) is 37.5 Å². The third kappa shape index (κ3) is 3.64. The zero-order valence-electron chi connectivity index (χ0n) is 15.4. The van der Waals surface area contributed by atoms with Gasteiger partial charge < -0.3 is 4.74 Å². The van der Waals surface area contributed by atoms with Crippen LogP contribution in [0.2, 0.25) is 0 Å². The molecule has 0 aliphatic carbocycles. The molecule has 3 aliphatic rings. The molecular weight excluding hydrogens is 344 g/mol. The van der Waals surface area contributed by atoms with Gasteiger partial charge >= 0.3 is 6.09 Å². The Balaban J connectivity index is 1.51. The fourth-order valence-corrected chi connectivity index (χ4v) is 5.03. The maximum Gasteiger partial charge on any atom is 0.411 e. The lowest BCUT2D eigenvalue weighted by molar-refractivity contribution is -0.0289. The van der Waals surface area contributed by atoms with Gasteiger partial charge in [0, 0.05) is 11.4 Å². The lowest BCUT2D eigenvalue weighted by Crippen LogP contribution is -2.52. The van der Waals surface area contributed by atoms with Crippen LogP contribution in [0.5, 0.6) is 0 Å². The molecule has 0 spiro atoms. The zero-order chi connectivity index (χ0) is 18.1. The minimum atomic E-state index is -0.325. The summed E-state index contributed by atoms with van der Waals surface area (Å²) in [5.74, 6) is 0.948. The van der Waals surface area contributed by atoms with Crippen molar-refractivity contribution in [1.29, 1.82) is 0 Å². The molecule has 2 bridgehead atoms. The first kappa shape index (κ1) is 17.6. The van der Waals surface area contributed by atoms with Gasteiger partial charge in [-0.05, 0) is 49.4 Å². The number of fused-ring (bicyclic) bond motifs is 3. The highest BCUT2D eigenvalue weighted by molar-refractivity contribution is 7.16. The molecule has 138 valence electrons. The first-order chi connectivity index (χ1) is 12.6. The predicted octanol–water partition coefficient (Wildman–Crippen LogP) is 5.18. The smallest absolute Gasteiger partial charge is 0.411 e. The number of rotatable bonds is 4. The predicted molar refractivity (Wildman–Crippen MR) is 107 cm³/mol. The van der Waals surface area contributed by atoms with Crippen molar-refractivity contribution in [1.82, 2.24) is 4.90 Å². The highest BCUT2D eigenvalue weighted by Gasteiger charge is 2.36. The van der Waals surface area contributed by atoms with Crippen LogP contribution >= 0.6 is 11.3 Å². The fraction of sp³-hybridized carbons (Fsp3) is 0.476. The summed E-state index contributed by atoms with van der Waals surface area (Å²) in [7, 11) is 0. The maximum absolute atomic E-state index is 12.6. The summed E-state index contributed by atoms with van der Waals surface area (Å²) >= 11 is 1.74. The van der Waals surface area contributed by atoms with E-state index in [9.17, 15) is 4.79 Å². The van der Waals surface area contributed by atoms with E-state index in [2.05, 4.69) is 42.3 Å². The van der Waals surface area contributed by atoms with Gasteiger partial charge in [-0.1, -0.05) is 44.2 Å². The molecule has 26 heavy (non-hydrogen) atoms. The number of carbonyl (C=O) groups is 1. The number of benzene rings is 1. The lowest BCUT2D eigenvalue weighted by Gasteiger charge is -2.43. The van der Waals surface area contributed by atoms with Gasteiger partial charge in [0.15, 0.2) is 0 Å². The van der Waals surface area contributed by atoms with Gasteiger partial charge in [0.1, 0.15) is 6.10 Å². The molecule has 4 heterocycles. The monoisotopic (exact) mass is 370 g/mol. The van der Waals surface area contributed by atoms with E-state index in [0.29, 0.717) is 11.8 Å². The number of anilines is 1. The Hall–Kier alpha value is -1.85. The third-order valence-corrected chi connectivity index (χ3v) is 6.93. The van der Waals surface area contributed by atoms with E-state index in [1.807, 2.05) is 18.2 Å². The highest BCUT2D eigenvalue weighted by Crippen LogP contribution is 2.40. The van der Waals surface area contributed by atoms with Crippen molar-refractivity contribution in [2.45, 2.75) is 38.7 Å². The lowest BCUT2D eigenvalue weighted by atomic mass is 9.86. The summed E-state index contributed by atoms with van der Waals surface area (Å²) < 4.78 is 5.80. The summed E-state index contributed by atoms with van der Waals surface area (Å²) in [6.07, 6.45) is 1.99. The number of thiophene rings is 1. The molecule has 1 amide bonds. The zero-order valence-corrected chi connectivity index (χ0v) is 16.2. The summed E-state index contributed by atoms with van der Waals surface area (Å²) in [6, 6.07) is 12.3. The fourth-order valence-electron chi connectivity index (χ4n) is 3.91. The molecule has 1 aromatic carbocycles. The number of carbonyl (C=O) groups excluding carboxylic acids is 1. The van der Waals surface area contributed by atoms with Crippen LogP contribution in [-0.4, -0.2) is 36.7 Å². The number of hydrogen-bond donors (Lipinski definition) is 1. The van der Waals surface area contributed by atoms with Crippen molar-refractivity contribution < 1.29 is 9.53 Å². The van der Waals surface area contributed by atoms with Gasteiger partial charge in [0.05, 0.1) is 10.6 Å². The summed E-state index contributed by atoms with van der Waals surface area (Å²) in [5, 5.41) is 3.02. The Morgan fingerprint density at radius 3 is 2.58 bits per heavy atom. The first-order valence-corrected chi connectivity index (χ1v) is 10.3. The van der Waals surface area contributed by atoms with Crippen molar-refractivity contribution in [2.24, 2.45) is 5.92 Å². The molecule has 1 N–H and O–H groups in total. The van der Waals surface area contributed by atoms with Crippen LogP contribution in [0.15, 0.2) is 36.4 Å². The van der Waals surface area contributed by atoms with E-state index < -0.39 is 0 Å². The van der Waals surface area contributed by atoms with Gasteiger partial charge in [-0.15, -0.1) is 11.3 Å². The topological polar surface area (TPSA) is 41.6 Å². The molecule has 0 saturated carbocycles. The van der Waals surface area contributed by atoms with Crippen molar-refractivity contribution >= 4 is 23.1 Å². The molecule has 5 heteroatoms. The number of ether oxygens (including phenoxy) is 1. The van der Waals surface area contributed by atoms with Crippen LogP contribution in [0, 0.1) is 5.92 Å². The Bertz CT molecular complexity index is 764. The third-order valence-electron chi connectivity index (χ3n) is 5.45. The van der Waals surface area contributed by atoms with E-state index in [1.165, 1.54) is 4.88 Å². The van der Waals surface area contributed by atoms with Crippen LogP contribution in [0.4, 0.5) is 10.5 Å².